The molecule has 0 radical (unpaired) electrons. The van der Waals surface area contributed by atoms with E-state index in [4.69, 9.17) is 4.74 Å². The van der Waals surface area contributed by atoms with Gasteiger partial charge in [-0.3, -0.25) is 0 Å². The van der Waals surface area contributed by atoms with Crippen molar-refractivity contribution in [1.82, 2.24) is 0 Å². The largest absolute Gasteiger partial charge is 0.494 e. The maximum absolute atomic E-state index is 14.9. The van der Waals surface area contributed by atoms with Crippen molar-refractivity contribution in [2.45, 2.75) is 79.2 Å². The molecule has 0 aliphatic rings. The summed E-state index contributed by atoms with van der Waals surface area (Å²) in [6, 6.07) is 0. The highest BCUT2D eigenvalue weighted by molar-refractivity contribution is 5.37. The monoisotopic (exact) mass is 500 g/mol. The van der Waals surface area contributed by atoms with Crippen molar-refractivity contribution in [3.8, 4) is 0 Å². The number of allylic oxidation sites excluding steroid dienone is 7. The standard InChI is InChI=1S/C29H44F4O2/c1-11-12-17-35-21(5)16-15-20(4)23(7)27(31)26(30)22(6)18(2)13-14-19(3)24(8)28(32)29(33)25(9)34-10/h18-21H,6-9,11-17H2,1-5,10H3/b27-26-,29-28-. The van der Waals surface area contributed by atoms with Gasteiger partial charge in [0.25, 0.3) is 0 Å². The molecule has 0 aromatic carbocycles. The minimum Gasteiger partial charge on any atom is -0.494 e. The van der Waals surface area contributed by atoms with Gasteiger partial charge < -0.3 is 9.47 Å². The van der Waals surface area contributed by atoms with E-state index in [0.717, 1.165) is 19.3 Å². The van der Waals surface area contributed by atoms with E-state index >= 15 is 0 Å². The average Bonchev–Trinajstić information content (AvgIpc) is 2.86. The molecule has 0 fully saturated rings. The highest BCUT2D eigenvalue weighted by Gasteiger charge is 2.23. The molecule has 2 nitrogen and oxygen atoms in total. The Bertz CT molecular complexity index is 809. The SMILES string of the molecule is C=C(OC)/C(F)=C(/F)C(=C)C(C)CCC(C)C(=C)/C(F)=C(/F)C(=C)C(C)CCC(C)OCCCC. The lowest BCUT2D eigenvalue weighted by Crippen LogP contribution is -2.12. The van der Waals surface area contributed by atoms with Gasteiger partial charge in [0.1, 0.15) is 5.76 Å². The van der Waals surface area contributed by atoms with Gasteiger partial charge in [0.05, 0.1) is 13.2 Å². The Morgan fingerprint density at radius 2 is 1.03 bits per heavy atom. The average molecular weight is 501 g/mol. The van der Waals surface area contributed by atoms with Gasteiger partial charge in [-0.15, -0.1) is 0 Å². The molecule has 200 valence electrons. The molecule has 4 atom stereocenters. The smallest absolute Gasteiger partial charge is 0.200 e. The van der Waals surface area contributed by atoms with Crippen molar-refractivity contribution >= 4 is 0 Å². The highest BCUT2D eigenvalue weighted by atomic mass is 19.2. The van der Waals surface area contributed by atoms with Crippen LogP contribution in [0, 0.1) is 17.8 Å². The highest BCUT2D eigenvalue weighted by Crippen LogP contribution is 2.35. The molecule has 4 unspecified atom stereocenters. The molecular weight excluding hydrogens is 456 g/mol. The van der Waals surface area contributed by atoms with Gasteiger partial charge in [-0.1, -0.05) is 60.4 Å². The topological polar surface area (TPSA) is 18.5 Å². The van der Waals surface area contributed by atoms with E-state index in [1.165, 1.54) is 7.11 Å². The van der Waals surface area contributed by atoms with Crippen LogP contribution in [0.4, 0.5) is 17.6 Å². The van der Waals surface area contributed by atoms with Crippen LogP contribution in [0.25, 0.3) is 0 Å². The quantitative estimate of drug-likeness (QED) is 0.0807. The summed E-state index contributed by atoms with van der Waals surface area (Å²) in [5.41, 5.74) is 0.0649. The summed E-state index contributed by atoms with van der Waals surface area (Å²) < 4.78 is 68.2. The lowest BCUT2D eigenvalue weighted by atomic mass is 9.87. The molecule has 0 aliphatic heterocycles. The second-order valence-corrected chi connectivity index (χ2v) is 9.35. The Labute approximate surface area is 210 Å². The van der Waals surface area contributed by atoms with Crippen molar-refractivity contribution < 1.29 is 27.0 Å². The number of ether oxygens (including phenoxy) is 2. The van der Waals surface area contributed by atoms with Crippen LogP contribution in [0.3, 0.4) is 0 Å². The van der Waals surface area contributed by atoms with E-state index < -0.39 is 40.9 Å². The Hall–Kier alpha value is -2.08. The molecule has 0 amide bonds. The number of hydrogen-bond donors (Lipinski definition) is 0. The molecule has 0 aromatic heterocycles. The molecule has 0 heterocycles. The lowest BCUT2D eigenvalue weighted by molar-refractivity contribution is 0.0551. The maximum atomic E-state index is 14.9. The number of methoxy groups -OCH3 is 1. The van der Waals surface area contributed by atoms with Gasteiger partial charge in [-0.05, 0) is 73.5 Å². The zero-order valence-corrected chi connectivity index (χ0v) is 22.4. The molecule has 0 aliphatic carbocycles. The van der Waals surface area contributed by atoms with Gasteiger partial charge in [0.15, 0.2) is 23.3 Å². The number of halogens is 4. The van der Waals surface area contributed by atoms with Gasteiger partial charge in [0, 0.05) is 6.61 Å². The van der Waals surface area contributed by atoms with Gasteiger partial charge in [-0.25, -0.2) is 13.2 Å². The van der Waals surface area contributed by atoms with E-state index in [-0.39, 0.29) is 28.7 Å². The molecule has 35 heavy (non-hydrogen) atoms. The number of hydrogen-bond acceptors (Lipinski definition) is 2. The Balaban J connectivity index is 4.98. The molecular formula is C29H44F4O2. The van der Waals surface area contributed by atoms with E-state index in [1.54, 1.807) is 13.8 Å². The fraction of sp³-hybridized carbons (Fsp3) is 0.586. The van der Waals surface area contributed by atoms with Crippen molar-refractivity contribution in [2.75, 3.05) is 13.7 Å². The van der Waals surface area contributed by atoms with Crippen molar-refractivity contribution in [1.29, 1.82) is 0 Å². The van der Waals surface area contributed by atoms with Crippen LogP contribution in [0.2, 0.25) is 0 Å². The molecule has 0 saturated heterocycles. The van der Waals surface area contributed by atoms with Crippen LogP contribution >= 0.6 is 0 Å². The van der Waals surface area contributed by atoms with E-state index in [0.29, 0.717) is 25.9 Å². The Kier molecular flexibility index (Phi) is 15.6. The normalized spacial score (nSPS) is 16.4. The minimum absolute atomic E-state index is 0.0138. The van der Waals surface area contributed by atoms with Crippen LogP contribution < -0.4 is 0 Å². The predicted molar refractivity (Wildman–Crippen MR) is 138 cm³/mol. The van der Waals surface area contributed by atoms with Crippen LogP contribution in [-0.4, -0.2) is 19.8 Å². The second kappa shape index (κ2) is 16.6. The van der Waals surface area contributed by atoms with Crippen molar-refractivity contribution in [3.05, 3.63) is 72.1 Å². The van der Waals surface area contributed by atoms with Crippen LogP contribution in [-0.2, 0) is 9.47 Å². The fourth-order valence-electron chi connectivity index (χ4n) is 3.30. The minimum atomic E-state index is -1.20. The van der Waals surface area contributed by atoms with Crippen LogP contribution in [0.1, 0.15) is 73.1 Å². The van der Waals surface area contributed by atoms with Gasteiger partial charge in [-0.2, -0.15) is 4.39 Å². The summed E-state index contributed by atoms with van der Waals surface area (Å²) in [7, 11) is 1.19. The summed E-state index contributed by atoms with van der Waals surface area (Å²) in [6.45, 7) is 24.4. The molecule has 0 N–H and O–H groups in total. The van der Waals surface area contributed by atoms with E-state index in [2.05, 4.69) is 38.0 Å². The van der Waals surface area contributed by atoms with Crippen molar-refractivity contribution in [2.24, 2.45) is 17.8 Å². The van der Waals surface area contributed by atoms with Crippen molar-refractivity contribution in [3.63, 3.8) is 0 Å². The summed E-state index contributed by atoms with van der Waals surface area (Å²) in [5.74, 6) is -5.85. The molecule has 0 aromatic rings. The first-order chi connectivity index (χ1) is 16.3. The van der Waals surface area contributed by atoms with E-state index in [9.17, 15) is 17.6 Å². The Morgan fingerprint density at radius 1 is 0.657 bits per heavy atom. The number of unbranched alkanes of at least 4 members (excludes halogenated alkanes) is 1. The first-order valence-electron chi connectivity index (χ1n) is 12.3. The third-order valence-electron chi connectivity index (χ3n) is 6.45. The lowest BCUT2D eigenvalue weighted by Gasteiger charge is -2.20. The molecule has 0 saturated carbocycles. The Morgan fingerprint density at radius 3 is 1.40 bits per heavy atom. The molecule has 0 rings (SSSR count). The van der Waals surface area contributed by atoms with Crippen LogP contribution in [0.15, 0.2) is 72.1 Å². The predicted octanol–water partition coefficient (Wildman–Crippen LogP) is 9.79. The summed E-state index contributed by atoms with van der Waals surface area (Å²) in [6.07, 6.45) is 4.20. The van der Waals surface area contributed by atoms with E-state index in [1.807, 2.05) is 13.8 Å². The third-order valence-corrected chi connectivity index (χ3v) is 6.45. The molecule has 0 spiro atoms. The zero-order valence-electron chi connectivity index (χ0n) is 22.4. The van der Waals surface area contributed by atoms with Gasteiger partial charge in [0.2, 0.25) is 0 Å². The molecule has 6 heteroatoms. The number of rotatable bonds is 18. The first-order valence-corrected chi connectivity index (χ1v) is 12.3. The maximum Gasteiger partial charge on any atom is 0.200 e. The fourth-order valence-corrected chi connectivity index (χ4v) is 3.30. The summed E-state index contributed by atoms with van der Waals surface area (Å²) in [4.78, 5) is 0. The second-order valence-electron chi connectivity index (χ2n) is 9.35. The summed E-state index contributed by atoms with van der Waals surface area (Å²) >= 11 is 0. The zero-order chi connectivity index (χ0) is 27.3. The first kappa shape index (κ1) is 32.9. The van der Waals surface area contributed by atoms with Crippen LogP contribution in [0.5, 0.6) is 0 Å². The third kappa shape index (κ3) is 11.0. The van der Waals surface area contributed by atoms with Gasteiger partial charge >= 0.3 is 0 Å². The summed E-state index contributed by atoms with van der Waals surface area (Å²) in [5, 5.41) is 0. The molecule has 0 bridgehead atoms.